The van der Waals surface area contributed by atoms with Crippen molar-refractivity contribution in [2.24, 2.45) is 0 Å². The summed E-state index contributed by atoms with van der Waals surface area (Å²) in [6.45, 7) is 0.0241. The molecule has 2 aliphatic rings. The smallest absolute Gasteiger partial charge is 0.855 e. The molecule has 2 aliphatic heterocycles. The number of rotatable bonds is 4. The van der Waals surface area contributed by atoms with Gasteiger partial charge < -0.3 is 20.2 Å². The summed E-state index contributed by atoms with van der Waals surface area (Å²) < 4.78 is 69.9. The minimum Gasteiger partial charge on any atom is -0.855 e. The summed E-state index contributed by atoms with van der Waals surface area (Å²) in [5.41, 5.74) is 0.680. The molecular weight excluding hydrogens is 618 g/mol. The van der Waals surface area contributed by atoms with Crippen LogP contribution in [0.15, 0.2) is 41.3 Å². The predicted octanol–water partition coefficient (Wildman–Crippen LogP) is 0.0570. The molecule has 0 unspecified atom stereocenters. The second-order valence-corrected chi connectivity index (χ2v) is 10.4. The molecule has 0 saturated carbocycles. The second-order valence-electron chi connectivity index (χ2n) is 10.4. The molecule has 16 heteroatoms. The average Bonchev–Trinajstić information content (AvgIpc) is 3.22. The van der Waals surface area contributed by atoms with Crippen molar-refractivity contribution >= 4 is 23.1 Å². The third-order valence-electron chi connectivity index (χ3n) is 7.55. The molecule has 2 fully saturated rings. The van der Waals surface area contributed by atoms with Crippen LogP contribution in [-0.4, -0.2) is 81.3 Å². The van der Waals surface area contributed by atoms with Crippen LogP contribution in [-0.2, 0) is 4.79 Å². The number of hydrogen-bond acceptors (Lipinski definition) is 5. The monoisotopic (exact) mass is 650 g/mol. The molecule has 234 valence electrons. The minimum absolute atomic E-state index is 0. The average molecular weight is 651 g/mol. The van der Waals surface area contributed by atoms with E-state index >= 15 is 0 Å². The summed E-state index contributed by atoms with van der Waals surface area (Å²) >= 11 is 0. The number of nitrogens with zero attached hydrogens (tertiary/aromatic N) is 4. The van der Waals surface area contributed by atoms with Gasteiger partial charge in [0.25, 0.3) is 0 Å². The number of urea groups is 1. The van der Waals surface area contributed by atoms with E-state index in [2.05, 4.69) is 15.3 Å². The van der Waals surface area contributed by atoms with Gasteiger partial charge in [-0.05, 0) is 49.4 Å². The van der Waals surface area contributed by atoms with Crippen molar-refractivity contribution in [3.8, 4) is 0 Å². The number of hydrogen-bond donors (Lipinski definition) is 2. The van der Waals surface area contributed by atoms with Gasteiger partial charge in [-0.3, -0.25) is 14.3 Å². The summed E-state index contributed by atoms with van der Waals surface area (Å²) in [5.74, 6) is -4.11. The number of aromatic amines is 1. The van der Waals surface area contributed by atoms with E-state index in [9.17, 15) is 36.3 Å². The van der Waals surface area contributed by atoms with E-state index in [-0.39, 0.29) is 101 Å². The van der Waals surface area contributed by atoms with Crippen LogP contribution in [0.1, 0.15) is 50.1 Å². The van der Waals surface area contributed by atoms with Crippen LogP contribution in [0, 0.1) is 11.6 Å². The standard InChI is InChI=1S/C26H27F5N6O3.C2H5O.K/c27-18-4-1-3-17(21(18)28)15-6-7-19(23(38)36(13-15)14-26(29,30)31)33-24(39)35-11-8-16(9-12-35)37-20-5-2-10-32-22(20)34-25(37)40;1-2-3;/h1-5,10,15-16,19H,6-9,11-14H2,(H,33,39)(H,32,34,40);2H2,1H3;/q;-1;+1/t15-,19-;;/m1../s1. The van der Waals surface area contributed by atoms with Crippen LogP contribution in [0.2, 0.25) is 0 Å². The number of piperidine rings is 1. The summed E-state index contributed by atoms with van der Waals surface area (Å²) in [5, 5.41) is 11.5. The van der Waals surface area contributed by atoms with Gasteiger partial charge in [-0.2, -0.15) is 13.2 Å². The van der Waals surface area contributed by atoms with Crippen molar-refractivity contribution in [1.82, 2.24) is 29.7 Å². The molecule has 3 amide bonds. The summed E-state index contributed by atoms with van der Waals surface area (Å²) in [7, 11) is 0. The topological polar surface area (TPSA) is 126 Å². The minimum atomic E-state index is -4.72. The molecule has 2 atom stereocenters. The maximum Gasteiger partial charge on any atom is 1.00 e. The molecule has 3 aromatic rings. The Kier molecular flexibility index (Phi) is 12.9. The van der Waals surface area contributed by atoms with Crippen molar-refractivity contribution in [1.29, 1.82) is 0 Å². The Hall–Kier alpha value is -2.37. The number of carbonyl (C=O) groups excluding carboxylic acids is 2. The summed E-state index contributed by atoms with van der Waals surface area (Å²) in [6, 6.07) is 4.87. The number of alkyl halides is 3. The van der Waals surface area contributed by atoms with Crippen LogP contribution in [0.4, 0.5) is 26.7 Å². The maximum atomic E-state index is 14.5. The number of amides is 3. The molecule has 0 radical (unpaired) electrons. The zero-order chi connectivity index (χ0) is 31.3. The van der Waals surface area contributed by atoms with Crippen molar-refractivity contribution in [2.45, 2.75) is 56.8 Å². The molecule has 44 heavy (non-hydrogen) atoms. The van der Waals surface area contributed by atoms with Crippen molar-refractivity contribution in [3.63, 3.8) is 0 Å². The van der Waals surface area contributed by atoms with Crippen molar-refractivity contribution < 1.29 is 88.0 Å². The normalized spacial score (nSPS) is 19.6. The van der Waals surface area contributed by atoms with Gasteiger partial charge in [0.05, 0.1) is 5.52 Å². The fourth-order valence-corrected chi connectivity index (χ4v) is 5.63. The first kappa shape index (κ1) is 36.1. The summed E-state index contributed by atoms with van der Waals surface area (Å²) in [4.78, 5) is 47.5. The molecule has 4 heterocycles. The molecule has 2 aromatic heterocycles. The van der Waals surface area contributed by atoms with Gasteiger partial charge in [-0.25, -0.2) is 23.4 Å². The van der Waals surface area contributed by atoms with E-state index in [1.54, 1.807) is 29.8 Å². The fraction of sp³-hybridized carbons (Fsp3) is 0.500. The van der Waals surface area contributed by atoms with Crippen LogP contribution in [0.5, 0.6) is 0 Å². The van der Waals surface area contributed by atoms with E-state index in [0.717, 1.165) is 6.07 Å². The van der Waals surface area contributed by atoms with E-state index in [1.807, 2.05) is 0 Å². The van der Waals surface area contributed by atoms with Crippen LogP contribution < -0.4 is 67.5 Å². The third kappa shape index (κ3) is 8.66. The molecular formula is C28H32F5KN6O4. The van der Waals surface area contributed by atoms with Gasteiger partial charge in [0.2, 0.25) is 5.91 Å². The quantitative estimate of drug-likeness (QED) is 0.305. The first-order valence-corrected chi connectivity index (χ1v) is 13.9. The van der Waals surface area contributed by atoms with Gasteiger partial charge in [-0.1, -0.05) is 19.1 Å². The first-order chi connectivity index (χ1) is 20.4. The zero-order valence-corrected chi connectivity index (χ0v) is 27.5. The number of nitrogens with one attached hydrogen (secondary N) is 2. The maximum absolute atomic E-state index is 14.5. The number of imidazole rings is 1. The molecule has 1 aromatic carbocycles. The Morgan fingerprint density at radius 3 is 2.43 bits per heavy atom. The number of H-pyrrole nitrogens is 1. The molecule has 5 rings (SSSR count). The SMILES string of the molecule is CC[O-].O=C(N[C@@H]1CC[C@@H](c2cccc(F)c2F)CN(CC(F)(F)F)C1=O)N1CCC(n2c(=O)[nH]c3ncccc32)CC1.[K+]. The van der Waals surface area contributed by atoms with Gasteiger partial charge in [0.15, 0.2) is 17.3 Å². The molecule has 2 N–H and O–H groups in total. The van der Waals surface area contributed by atoms with Gasteiger partial charge in [0, 0.05) is 37.8 Å². The van der Waals surface area contributed by atoms with E-state index in [4.69, 9.17) is 5.11 Å². The molecule has 0 bridgehead atoms. The third-order valence-corrected chi connectivity index (χ3v) is 7.55. The Morgan fingerprint density at radius 2 is 1.77 bits per heavy atom. The van der Waals surface area contributed by atoms with E-state index in [1.165, 1.54) is 17.0 Å². The van der Waals surface area contributed by atoms with Crippen molar-refractivity contribution in [2.75, 3.05) is 32.8 Å². The van der Waals surface area contributed by atoms with Gasteiger partial charge >= 0.3 is 69.3 Å². The Morgan fingerprint density at radius 1 is 1.09 bits per heavy atom. The van der Waals surface area contributed by atoms with Crippen LogP contribution in [0.3, 0.4) is 0 Å². The Bertz CT molecular complexity index is 1490. The first-order valence-electron chi connectivity index (χ1n) is 13.9. The van der Waals surface area contributed by atoms with Gasteiger partial charge in [0.1, 0.15) is 12.6 Å². The number of likely N-dealkylation sites (tertiary alicyclic amines) is 2. The van der Waals surface area contributed by atoms with Crippen LogP contribution >= 0.6 is 0 Å². The second kappa shape index (κ2) is 15.8. The molecule has 0 aliphatic carbocycles. The van der Waals surface area contributed by atoms with Crippen molar-refractivity contribution in [3.05, 3.63) is 64.2 Å². The number of benzene rings is 1. The number of fused-ring (bicyclic) bond motifs is 1. The summed E-state index contributed by atoms with van der Waals surface area (Å²) in [6.07, 6.45) is -2.27. The number of aromatic nitrogens is 3. The fourth-order valence-electron chi connectivity index (χ4n) is 5.63. The largest absolute Gasteiger partial charge is 1.00 e. The van der Waals surface area contributed by atoms with Gasteiger partial charge in [-0.15, -0.1) is 6.61 Å². The van der Waals surface area contributed by atoms with Crippen LogP contribution in [0.25, 0.3) is 11.2 Å². The molecule has 10 nitrogen and oxygen atoms in total. The number of pyridine rings is 1. The Labute approximate surface area is 292 Å². The molecule has 0 spiro atoms. The Balaban J connectivity index is 0.00000127. The van der Waals surface area contributed by atoms with E-state index < -0.39 is 54.8 Å². The predicted molar refractivity (Wildman–Crippen MR) is 144 cm³/mol. The van der Waals surface area contributed by atoms with E-state index in [0.29, 0.717) is 28.9 Å². The number of carbonyl (C=O) groups is 2. The number of halogens is 5. The zero-order valence-electron chi connectivity index (χ0n) is 24.4. The molecule has 2 saturated heterocycles.